The SMILES string of the molecule is COC(=O)c1ccc(C=C(O)c2ccccc2CCc2ccccc2)cc1. The zero-order chi connectivity index (χ0) is 19.1. The Morgan fingerprint density at radius 3 is 2.26 bits per heavy atom. The van der Waals surface area contributed by atoms with Gasteiger partial charge in [-0.1, -0.05) is 66.7 Å². The van der Waals surface area contributed by atoms with E-state index in [9.17, 15) is 9.90 Å². The summed E-state index contributed by atoms with van der Waals surface area (Å²) in [5.41, 5.74) is 4.50. The van der Waals surface area contributed by atoms with E-state index in [1.807, 2.05) is 42.5 Å². The summed E-state index contributed by atoms with van der Waals surface area (Å²) >= 11 is 0. The molecule has 27 heavy (non-hydrogen) atoms. The topological polar surface area (TPSA) is 46.5 Å². The van der Waals surface area contributed by atoms with E-state index in [4.69, 9.17) is 4.74 Å². The maximum Gasteiger partial charge on any atom is 0.337 e. The van der Waals surface area contributed by atoms with Crippen molar-refractivity contribution in [3.8, 4) is 0 Å². The number of rotatable bonds is 6. The lowest BCUT2D eigenvalue weighted by atomic mass is 9.98. The summed E-state index contributed by atoms with van der Waals surface area (Å²) in [6.07, 6.45) is 3.47. The van der Waals surface area contributed by atoms with Crippen LogP contribution in [0.15, 0.2) is 78.9 Å². The maximum atomic E-state index is 11.5. The van der Waals surface area contributed by atoms with Crippen LogP contribution in [0, 0.1) is 0 Å². The van der Waals surface area contributed by atoms with Crippen molar-refractivity contribution >= 4 is 17.8 Å². The zero-order valence-corrected chi connectivity index (χ0v) is 15.3. The molecule has 0 atom stereocenters. The summed E-state index contributed by atoms with van der Waals surface area (Å²) < 4.78 is 4.70. The van der Waals surface area contributed by atoms with E-state index in [2.05, 4.69) is 12.1 Å². The highest BCUT2D eigenvalue weighted by Crippen LogP contribution is 2.22. The molecule has 0 fully saturated rings. The predicted octanol–water partition coefficient (Wildman–Crippen LogP) is 5.31. The molecule has 0 aliphatic carbocycles. The van der Waals surface area contributed by atoms with Crippen molar-refractivity contribution in [3.63, 3.8) is 0 Å². The van der Waals surface area contributed by atoms with Crippen LogP contribution >= 0.6 is 0 Å². The monoisotopic (exact) mass is 358 g/mol. The molecule has 0 saturated heterocycles. The van der Waals surface area contributed by atoms with Crippen LogP contribution in [0.2, 0.25) is 0 Å². The van der Waals surface area contributed by atoms with Gasteiger partial charge in [-0.3, -0.25) is 0 Å². The number of hydrogen-bond donors (Lipinski definition) is 1. The minimum atomic E-state index is -0.374. The van der Waals surface area contributed by atoms with E-state index >= 15 is 0 Å². The van der Waals surface area contributed by atoms with Crippen molar-refractivity contribution in [3.05, 3.63) is 107 Å². The summed E-state index contributed by atoms with van der Waals surface area (Å²) in [6, 6.07) is 25.1. The van der Waals surface area contributed by atoms with E-state index in [-0.39, 0.29) is 11.7 Å². The van der Waals surface area contributed by atoms with Crippen molar-refractivity contribution in [1.82, 2.24) is 0 Å². The second kappa shape index (κ2) is 8.86. The molecule has 3 nitrogen and oxygen atoms in total. The molecule has 3 aromatic carbocycles. The fourth-order valence-electron chi connectivity index (χ4n) is 2.98. The minimum Gasteiger partial charge on any atom is -0.507 e. The Kier molecular flexibility index (Phi) is 6.06. The van der Waals surface area contributed by atoms with Gasteiger partial charge in [-0.05, 0) is 47.7 Å². The van der Waals surface area contributed by atoms with Gasteiger partial charge in [-0.15, -0.1) is 0 Å². The second-order valence-electron chi connectivity index (χ2n) is 6.29. The summed E-state index contributed by atoms with van der Waals surface area (Å²) in [5.74, 6) is -0.162. The van der Waals surface area contributed by atoms with Crippen LogP contribution in [0.3, 0.4) is 0 Å². The van der Waals surface area contributed by atoms with Gasteiger partial charge >= 0.3 is 5.97 Å². The van der Waals surface area contributed by atoms with Gasteiger partial charge in [0.2, 0.25) is 0 Å². The number of aryl methyl sites for hydroxylation is 2. The van der Waals surface area contributed by atoms with Crippen molar-refractivity contribution in [2.24, 2.45) is 0 Å². The van der Waals surface area contributed by atoms with E-state index in [1.54, 1.807) is 30.3 Å². The number of benzene rings is 3. The molecule has 0 amide bonds. The first-order valence-corrected chi connectivity index (χ1v) is 8.88. The standard InChI is InChI=1S/C24H22O3/c1-27-24(26)21-15-12-19(13-16-21)17-23(25)22-10-6-5-9-20(22)14-11-18-7-3-2-4-8-18/h2-10,12-13,15-17,25H,11,14H2,1H3. The quantitative estimate of drug-likeness (QED) is 0.369. The molecular formula is C24H22O3. The Bertz CT molecular complexity index is 925. The Labute approximate surface area is 159 Å². The molecule has 0 aromatic heterocycles. The van der Waals surface area contributed by atoms with Crippen molar-refractivity contribution in [2.45, 2.75) is 12.8 Å². The molecule has 0 spiro atoms. The first kappa shape index (κ1) is 18.5. The number of carbonyl (C=O) groups excluding carboxylic acids is 1. The number of ether oxygens (including phenoxy) is 1. The van der Waals surface area contributed by atoms with Crippen LogP contribution in [-0.4, -0.2) is 18.2 Å². The highest BCUT2D eigenvalue weighted by atomic mass is 16.5. The molecule has 1 N–H and O–H groups in total. The molecule has 0 heterocycles. The maximum absolute atomic E-state index is 11.5. The third-order valence-corrected chi connectivity index (χ3v) is 4.45. The zero-order valence-electron chi connectivity index (χ0n) is 15.3. The van der Waals surface area contributed by atoms with Gasteiger partial charge in [0.1, 0.15) is 5.76 Å². The third kappa shape index (κ3) is 4.85. The van der Waals surface area contributed by atoms with Crippen molar-refractivity contribution in [2.75, 3.05) is 7.11 Å². The van der Waals surface area contributed by atoms with Gasteiger partial charge in [0.05, 0.1) is 12.7 Å². The number of aliphatic hydroxyl groups excluding tert-OH is 1. The number of hydrogen-bond acceptors (Lipinski definition) is 3. The van der Waals surface area contributed by atoms with Gasteiger partial charge in [0.15, 0.2) is 0 Å². The lowest BCUT2D eigenvalue weighted by Crippen LogP contribution is -2.00. The van der Waals surface area contributed by atoms with Crippen LogP contribution in [0.5, 0.6) is 0 Å². The lowest BCUT2D eigenvalue weighted by Gasteiger charge is -2.09. The molecule has 0 bridgehead atoms. The van der Waals surface area contributed by atoms with Crippen LogP contribution in [0.4, 0.5) is 0 Å². The molecule has 0 saturated carbocycles. The van der Waals surface area contributed by atoms with Gasteiger partial charge in [0, 0.05) is 5.56 Å². The Morgan fingerprint density at radius 2 is 1.56 bits per heavy atom. The van der Waals surface area contributed by atoms with Crippen LogP contribution in [0.1, 0.15) is 32.6 Å². The molecule has 3 aromatic rings. The van der Waals surface area contributed by atoms with Gasteiger partial charge < -0.3 is 9.84 Å². The number of methoxy groups -OCH3 is 1. The van der Waals surface area contributed by atoms with Crippen molar-refractivity contribution < 1.29 is 14.6 Å². The third-order valence-electron chi connectivity index (χ3n) is 4.45. The molecule has 0 aliphatic heterocycles. The summed E-state index contributed by atoms with van der Waals surface area (Å²) in [4.78, 5) is 11.5. The summed E-state index contributed by atoms with van der Waals surface area (Å²) in [6.45, 7) is 0. The van der Waals surface area contributed by atoms with E-state index in [0.717, 1.165) is 29.5 Å². The second-order valence-corrected chi connectivity index (χ2v) is 6.29. The summed E-state index contributed by atoms with van der Waals surface area (Å²) in [7, 11) is 1.36. The molecule has 3 heteroatoms. The van der Waals surface area contributed by atoms with Crippen LogP contribution in [0.25, 0.3) is 11.8 Å². The predicted molar refractivity (Wildman–Crippen MR) is 109 cm³/mol. The number of carbonyl (C=O) groups is 1. The molecule has 0 aliphatic rings. The fraction of sp³-hybridized carbons (Fsp3) is 0.125. The van der Waals surface area contributed by atoms with Gasteiger partial charge in [-0.2, -0.15) is 0 Å². The van der Waals surface area contributed by atoms with E-state index < -0.39 is 0 Å². The van der Waals surface area contributed by atoms with Gasteiger partial charge in [0.25, 0.3) is 0 Å². The Morgan fingerprint density at radius 1 is 0.889 bits per heavy atom. The molecule has 0 unspecified atom stereocenters. The molecule has 0 radical (unpaired) electrons. The number of esters is 1. The van der Waals surface area contributed by atoms with E-state index in [0.29, 0.717) is 5.56 Å². The molecule has 136 valence electrons. The lowest BCUT2D eigenvalue weighted by molar-refractivity contribution is 0.0600. The Balaban J connectivity index is 1.79. The average Bonchev–Trinajstić information content (AvgIpc) is 2.73. The largest absolute Gasteiger partial charge is 0.507 e. The molecular weight excluding hydrogens is 336 g/mol. The van der Waals surface area contributed by atoms with E-state index in [1.165, 1.54) is 12.7 Å². The number of aliphatic hydroxyl groups is 1. The average molecular weight is 358 g/mol. The fourth-order valence-corrected chi connectivity index (χ4v) is 2.98. The Hall–Kier alpha value is -3.33. The molecule has 3 rings (SSSR count). The van der Waals surface area contributed by atoms with Crippen LogP contribution in [-0.2, 0) is 17.6 Å². The van der Waals surface area contributed by atoms with Gasteiger partial charge in [-0.25, -0.2) is 4.79 Å². The summed E-state index contributed by atoms with van der Waals surface area (Å²) in [5, 5.41) is 10.6. The first-order valence-electron chi connectivity index (χ1n) is 8.88. The van der Waals surface area contributed by atoms with Crippen molar-refractivity contribution in [1.29, 1.82) is 0 Å². The highest BCUT2D eigenvalue weighted by molar-refractivity contribution is 5.89. The minimum absolute atomic E-state index is 0.212. The first-order chi connectivity index (χ1) is 13.2. The highest BCUT2D eigenvalue weighted by Gasteiger charge is 2.08. The normalized spacial score (nSPS) is 11.2. The smallest absolute Gasteiger partial charge is 0.337 e. The van der Waals surface area contributed by atoms with Crippen LogP contribution < -0.4 is 0 Å².